The normalized spacial score (nSPS) is 10.2. The summed E-state index contributed by atoms with van der Waals surface area (Å²) in [4.78, 5) is 0. The van der Waals surface area contributed by atoms with Gasteiger partial charge in [0.15, 0.2) is 0 Å². The van der Waals surface area contributed by atoms with E-state index in [9.17, 15) is 0 Å². The zero-order valence-corrected chi connectivity index (χ0v) is 7.79. The molecule has 0 bridgehead atoms. The van der Waals surface area contributed by atoms with Crippen molar-refractivity contribution in [3.8, 4) is 0 Å². The SMILES string of the molecule is CCCCNCCCCS. The summed E-state index contributed by atoms with van der Waals surface area (Å²) in [6.07, 6.45) is 5.11. The summed E-state index contributed by atoms with van der Waals surface area (Å²) in [7, 11) is 0. The summed E-state index contributed by atoms with van der Waals surface area (Å²) in [5, 5.41) is 3.39. The third-order valence-corrected chi connectivity index (χ3v) is 1.79. The molecule has 0 aromatic rings. The highest BCUT2D eigenvalue weighted by molar-refractivity contribution is 7.80. The van der Waals surface area contributed by atoms with Gasteiger partial charge in [0.05, 0.1) is 0 Å². The van der Waals surface area contributed by atoms with Crippen LogP contribution in [0, 0.1) is 0 Å². The van der Waals surface area contributed by atoms with Crippen LogP contribution in [0.2, 0.25) is 0 Å². The van der Waals surface area contributed by atoms with Crippen molar-refractivity contribution in [2.45, 2.75) is 32.6 Å². The molecule has 0 aromatic carbocycles. The molecule has 0 aliphatic rings. The molecule has 0 saturated carbocycles. The van der Waals surface area contributed by atoms with Crippen molar-refractivity contribution in [1.29, 1.82) is 0 Å². The summed E-state index contributed by atoms with van der Waals surface area (Å²) in [5.41, 5.74) is 0. The minimum Gasteiger partial charge on any atom is -0.317 e. The Morgan fingerprint density at radius 2 is 1.80 bits per heavy atom. The van der Waals surface area contributed by atoms with E-state index in [-0.39, 0.29) is 0 Å². The van der Waals surface area contributed by atoms with Gasteiger partial charge in [-0.15, -0.1) is 0 Å². The highest BCUT2D eigenvalue weighted by Gasteiger charge is 1.85. The van der Waals surface area contributed by atoms with Crippen LogP contribution in [-0.2, 0) is 0 Å². The molecule has 2 heteroatoms. The van der Waals surface area contributed by atoms with Gasteiger partial charge in [-0.1, -0.05) is 13.3 Å². The molecule has 0 unspecified atom stereocenters. The zero-order valence-electron chi connectivity index (χ0n) is 6.90. The standard InChI is InChI=1S/C8H19NS/c1-2-3-6-9-7-4-5-8-10/h9-10H,2-8H2,1H3. The first kappa shape index (κ1) is 10.3. The van der Waals surface area contributed by atoms with Gasteiger partial charge in [0.1, 0.15) is 0 Å². The minimum atomic E-state index is 1.02. The van der Waals surface area contributed by atoms with E-state index in [1.54, 1.807) is 0 Å². The molecule has 0 fully saturated rings. The zero-order chi connectivity index (χ0) is 7.66. The van der Waals surface area contributed by atoms with Gasteiger partial charge in [-0.2, -0.15) is 12.6 Å². The molecule has 0 heterocycles. The largest absolute Gasteiger partial charge is 0.317 e. The van der Waals surface area contributed by atoms with Crippen molar-refractivity contribution in [2.24, 2.45) is 0 Å². The van der Waals surface area contributed by atoms with Gasteiger partial charge in [-0.3, -0.25) is 0 Å². The quantitative estimate of drug-likeness (QED) is 0.430. The van der Waals surface area contributed by atoms with Gasteiger partial charge in [0.25, 0.3) is 0 Å². The number of hydrogen-bond donors (Lipinski definition) is 2. The van der Waals surface area contributed by atoms with E-state index in [0.717, 1.165) is 5.75 Å². The molecular formula is C8H19NS. The summed E-state index contributed by atoms with van der Waals surface area (Å²) < 4.78 is 0. The molecule has 0 radical (unpaired) electrons. The van der Waals surface area contributed by atoms with E-state index >= 15 is 0 Å². The predicted molar refractivity (Wildman–Crippen MR) is 50.9 cm³/mol. The molecule has 0 saturated heterocycles. The fourth-order valence-electron chi connectivity index (χ4n) is 0.789. The Kier molecular flexibility index (Phi) is 9.60. The van der Waals surface area contributed by atoms with Crippen LogP contribution in [0.5, 0.6) is 0 Å². The Morgan fingerprint density at radius 1 is 1.10 bits per heavy atom. The van der Waals surface area contributed by atoms with E-state index in [4.69, 9.17) is 0 Å². The summed E-state index contributed by atoms with van der Waals surface area (Å²) >= 11 is 4.14. The third kappa shape index (κ3) is 8.31. The lowest BCUT2D eigenvalue weighted by molar-refractivity contribution is 0.613. The van der Waals surface area contributed by atoms with E-state index in [1.165, 1.54) is 38.8 Å². The van der Waals surface area contributed by atoms with E-state index < -0.39 is 0 Å². The number of unbranched alkanes of at least 4 members (excludes halogenated alkanes) is 2. The second kappa shape index (κ2) is 9.31. The molecule has 0 atom stereocenters. The van der Waals surface area contributed by atoms with E-state index in [1.807, 2.05) is 0 Å². The van der Waals surface area contributed by atoms with Gasteiger partial charge < -0.3 is 5.32 Å². The van der Waals surface area contributed by atoms with Crippen LogP contribution in [0.15, 0.2) is 0 Å². The van der Waals surface area contributed by atoms with Gasteiger partial charge >= 0.3 is 0 Å². The lowest BCUT2D eigenvalue weighted by atomic mass is 10.3. The molecule has 0 amide bonds. The molecule has 0 aliphatic carbocycles. The summed E-state index contributed by atoms with van der Waals surface area (Å²) in [5.74, 6) is 1.02. The average molecular weight is 161 g/mol. The summed E-state index contributed by atoms with van der Waals surface area (Å²) in [6.45, 7) is 4.57. The van der Waals surface area contributed by atoms with E-state index in [0.29, 0.717) is 0 Å². The number of hydrogen-bond acceptors (Lipinski definition) is 2. The van der Waals surface area contributed by atoms with Crippen molar-refractivity contribution >= 4 is 12.6 Å². The molecule has 1 N–H and O–H groups in total. The van der Waals surface area contributed by atoms with Crippen LogP contribution in [0.3, 0.4) is 0 Å². The van der Waals surface area contributed by atoms with Gasteiger partial charge in [0, 0.05) is 0 Å². The van der Waals surface area contributed by atoms with Crippen LogP contribution >= 0.6 is 12.6 Å². The molecule has 0 aromatic heterocycles. The number of rotatable bonds is 7. The van der Waals surface area contributed by atoms with Crippen LogP contribution in [0.1, 0.15) is 32.6 Å². The molecule has 1 nitrogen and oxygen atoms in total. The smallest absolute Gasteiger partial charge is 0.00486 e. The van der Waals surface area contributed by atoms with Crippen molar-refractivity contribution in [3.05, 3.63) is 0 Å². The van der Waals surface area contributed by atoms with E-state index in [2.05, 4.69) is 24.9 Å². The Morgan fingerprint density at radius 3 is 2.40 bits per heavy atom. The topological polar surface area (TPSA) is 12.0 Å². The van der Waals surface area contributed by atoms with Crippen molar-refractivity contribution < 1.29 is 0 Å². The number of nitrogens with one attached hydrogen (secondary N) is 1. The highest BCUT2D eigenvalue weighted by Crippen LogP contribution is 1.89. The molecule has 10 heavy (non-hydrogen) atoms. The maximum Gasteiger partial charge on any atom is -0.00486 e. The second-order valence-electron chi connectivity index (χ2n) is 2.53. The first-order valence-corrected chi connectivity index (χ1v) is 4.86. The second-order valence-corrected chi connectivity index (χ2v) is 2.98. The van der Waals surface area contributed by atoms with Crippen molar-refractivity contribution in [1.82, 2.24) is 5.32 Å². The Bertz CT molecular complexity index is 49.2. The maximum atomic E-state index is 4.14. The number of thiol groups is 1. The van der Waals surface area contributed by atoms with Gasteiger partial charge in [-0.05, 0) is 38.1 Å². The first-order valence-electron chi connectivity index (χ1n) is 4.23. The lowest BCUT2D eigenvalue weighted by Crippen LogP contribution is -2.16. The van der Waals surface area contributed by atoms with Gasteiger partial charge in [-0.25, -0.2) is 0 Å². The lowest BCUT2D eigenvalue weighted by Gasteiger charge is -2.01. The fraction of sp³-hybridized carbons (Fsp3) is 1.00. The molecule has 0 rings (SSSR count). The maximum absolute atomic E-state index is 4.14. The fourth-order valence-corrected chi connectivity index (χ4v) is 1.01. The minimum absolute atomic E-state index is 1.02. The monoisotopic (exact) mass is 161 g/mol. The van der Waals surface area contributed by atoms with Crippen LogP contribution in [-0.4, -0.2) is 18.8 Å². The molecule has 0 spiro atoms. The van der Waals surface area contributed by atoms with Gasteiger partial charge in [0.2, 0.25) is 0 Å². The van der Waals surface area contributed by atoms with Crippen molar-refractivity contribution in [3.63, 3.8) is 0 Å². The highest BCUT2D eigenvalue weighted by atomic mass is 32.1. The first-order chi connectivity index (χ1) is 4.91. The predicted octanol–water partition coefficient (Wildman–Crippen LogP) is 2.09. The summed E-state index contributed by atoms with van der Waals surface area (Å²) in [6, 6.07) is 0. The van der Waals surface area contributed by atoms with Crippen LogP contribution in [0.25, 0.3) is 0 Å². The average Bonchev–Trinajstić information content (AvgIpc) is 1.97. The third-order valence-electron chi connectivity index (χ3n) is 1.47. The Labute approximate surface area is 70.0 Å². The van der Waals surface area contributed by atoms with Crippen molar-refractivity contribution in [2.75, 3.05) is 18.8 Å². The van der Waals surface area contributed by atoms with Crippen LogP contribution < -0.4 is 5.32 Å². The Hall–Kier alpha value is 0.310. The molecular weight excluding hydrogens is 142 g/mol. The van der Waals surface area contributed by atoms with Crippen LogP contribution in [0.4, 0.5) is 0 Å². The Balaban J connectivity index is 2.65. The molecule has 62 valence electrons. The molecule has 0 aliphatic heterocycles.